The Morgan fingerprint density at radius 3 is 2.47 bits per heavy atom. The van der Waals surface area contributed by atoms with Crippen molar-refractivity contribution >= 4 is 6.09 Å². The molecule has 0 N–H and O–H groups in total. The van der Waals surface area contributed by atoms with E-state index in [1.807, 2.05) is 9.80 Å². The third-order valence-electron chi connectivity index (χ3n) is 9.50. The molecule has 0 aromatic carbocycles. The van der Waals surface area contributed by atoms with Crippen molar-refractivity contribution in [2.24, 2.45) is 11.3 Å². The summed E-state index contributed by atoms with van der Waals surface area (Å²) in [6.45, 7) is 9.49. The predicted molar refractivity (Wildman–Crippen MR) is 130 cm³/mol. The first-order chi connectivity index (χ1) is 17.1. The average molecular weight is 513 g/mol. The van der Waals surface area contributed by atoms with Crippen molar-refractivity contribution in [2.75, 3.05) is 46.4 Å². The summed E-state index contributed by atoms with van der Waals surface area (Å²) in [5.41, 5.74) is 0.680. The molecule has 1 amide bonds. The first-order valence-electron chi connectivity index (χ1n) is 13.5. The smallest absolute Gasteiger partial charge is 0.410 e. The van der Waals surface area contributed by atoms with Crippen LogP contribution in [-0.2, 0) is 18.9 Å². The van der Waals surface area contributed by atoms with E-state index in [-0.39, 0.29) is 53.5 Å². The van der Waals surface area contributed by atoms with E-state index in [0.717, 1.165) is 32.1 Å². The number of methoxy groups -OCH3 is 1. The Balaban J connectivity index is 1.20. The first kappa shape index (κ1) is 26.3. The van der Waals surface area contributed by atoms with Gasteiger partial charge in [0, 0.05) is 20.2 Å². The monoisotopic (exact) mass is 512 g/mol. The Bertz CT molecular complexity index is 853. The van der Waals surface area contributed by atoms with Crippen LogP contribution in [0.1, 0.15) is 59.3 Å². The zero-order valence-corrected chi connectivity index (χ0v) is 22.1. The lowest BCUT2D eigenvalue weighted by atomic mass is 9.68. The maximum Gasteiger partial charge on any atom is 0.410 e. The van der Waals surface area contributed by atoms with E-state index in [1.165, 1.54) is 5.57 Å². The minimum Gasteiger partial charge on any atom is -0.443 e. The fourth-order valence-corrected chi connectivity index (χ4v) is 7.18. The highest BCUT2D eigenvalue weighted by Crippen LogP contribution is 2.59. The van der Waals surface area contributed by atoms with Gasteiger partial charge in [0.15, 0.2) is 0 Å². The van der Waals surface area contributed by atoms with Crippen LogP contribution in [0.2, 0.25) is 0 Å². The summed E-state index contributed by atoms with van der Waals surface area (Å²) in [6, 6.07) is 0. The number of likely N-dealkylation sites (tertiary alicyclic amines) is 2. The van der Waals surface area contributed by atoms with Crippen LogP contribution in [0.15, 0.2) is 11.6 Å². The van der Waals surface area contributed by atoms with Crippen molar-refractivity contribution < 1.29 is 32.5 Å². The quantitative estimate of drug-likeness (QED) is 0.375. The summed E-state index contributed by atoms with van der Waals surface area (Å²) >= 11 is 0. The van der Waals surface area contributed by atoms with Crippen molar-refractivity contribution in [3.63, 3.8) is 0 Å². The number of epoxide rings is 2. The second-order valence-electron chi connectivity index (χ2n) is 12.2. The summed E-state index contributed by atoms with van der Waals surface area (Å²) in [5, 5.41) is 0. The lowest BCUT2D eigenvalue weighted by molar-refractivity contribution is -0.121. The van der Waals surface area contributed by atoms with E-state index >= 15 is 0 Å². The summed E-state index contributed by atoms with van der Waals surface area (Å²) in [4.78, 5) is 16.9. The van der Waals surface area contributed by atoms with Crippen LogP contribution in [0.5, 0.6) is 0 Å². The standard InChI is InChI=1S/C27H42F2N2O5/c1-18(2)5-6-20-25(3,36-20)23-22(33-4)19(7-8-27(23)17-34-27)35-24(32)31-14-11-26(16-31)9-12-30(13-10-26)15-21(28)29/h5,19-23H,6-17H2,1-4H3/t19-,20-,22-,23?,25+,27+/m1/s1. The Labute approximate surface area is 213 Å². The molecule has 2 spiro atoms. The van der Waals surface area contributed by atoms with Gasteiger partial charge < -0.3 is 23.8 Å². The van der Waals surface area contributed by atoms with E-state index in [9.17, 15) is 13.6 Å². The summed E-state index contributed by atoms with van der Waals surface area (Å²) in [6.07, 6.45) is 4.08. The molecule has 1 saturated carbocycles. The van der Waals surface area contributed by atoms with Crippen LogP contribution in [0, 0.1) is 11.3 Å². The molecular formula is C27H42F2N2O5. The van der Waals surface area contributed by atoms with Gasteiger partial charge in [0.1, 0.15) is 23.4 Å². The molecule has 0 aromatic rings. The topological polar surface area (TPSA) is 67.1 Å². The van der Waals surface area contributed by atoms with Gasteiger partial charge in [-0.05, 0) is 77.8 Å². The maximum absolute atomic E-state index is 13.3. The van der Waals surface area contributed by atoms with Crippen molar-refractivity contribution in [3.05, 3.63) is 11.6 Å². The second-order valence-corrected chi connectivity index (χ2v) is 12.2. The number of hydrogen-bond donors (Lipinski definition) is 0. The number of amides is 1. The minimum absolute atomic E-state index is 0.00111. The molecule has 6 atom stereocenters. The molecule has 7 nitrogen and oxygen atoms in total. The van der Waals surface area contributed by atoms with Gasteiger partial charge >= 0.3 is 6.09 Å². The number of carbonyl (C=O) groups excluding carboxylic acids is 1. The van der Waals surface area contributed by atoms with Gasteiger partial charge in [-0.3, -0.25) is 4.90 Å². The molecule has 0 bridgehead atoms. The lowest BCUT2D eigenvalue weighted by Crippen LogP contribution is -2.56. The van der Waals surface area contributed by atoms with Gasteiger partial charge in [-0.2, -0.15) is 0 Å². The SMILES string of the molecule is CO[C@H]1C([C@@]2(C)O[C@@H]2CC=C(C)C)[C@]2(CC[C@H]1OC(=O)N1CCC3(CCN(CC(F)F)CC3)C1)CO2. The third kappa shape index (κ3) is 5.05. The van der Waals surface area contributed by atoms with Crippen LogP contribution < -0.4 is 0 Å². The van der Waals surface area contributed by atoms with E-state index in [0.29, 0.717) is 39.2 Å². The van der Waals surface area contributed by atoms with Crippen molar-refractivity contribution in [3.8, 4) is 0 Å². The second kappa shape index (κ2) is 9.79. The number of nitrogens with zero attached hydrogens (tertiary/aromatic N) is 2. The van der Waals surface area contributed by atoms with Crippen LogP contribution in [0.25, 0.3) is 0 Å². The van der Waals surface area contributed by atoms with E-state index in [4.69, 9.17) is 18.9 Å². The number of piperidine rings is 1. The number of ether oxygens (including phenoxy) is 4. The van der Waals surface area contributed by atoms with E-state index in [2.05, 4.69) is 26.8 Å². The highest BCUT2D eigenvalue weighted by atomic mass is 19.3. The zero-order valence-electron chi connectivity index (χ0n) is 22.1. The molecule has 5 fully saturated rings. The Morgan fingerprint density at radius 2 is 1.86 bits per heavy atom. The van der Waals surface area contributed by atoms with Crippen LogP contribution >= 0.6 is 0 Å². The van der Waals surface area contributed by atoms with Crippen molar-refractivity contribution in [1.82, 2.24) is 9.80 Å². The number of hydrogen-bond acceptors (Lipinski definition) is 6. The Hall–Kier alpha value is -1.29. The lowest BCUT2D eigenvalue weighted by Gasteiger charge is -2.43. The molecule has 1 unspecified atom stereocenters. The zero-order chi connectivity index (χ0) is 25.7. The van der Waals surface area contributed by atoms with Crippen LogP contribution in [-0.4, -0.2) is 98.3 Å². The molecule has 4 saturated heterocycles. The number of allylic oxidation sites excluding steroid dienone is 1. The molecular weight excluding hydrogens is 470 g/mol. The maximum atomic E-state index is 13.3. The summed E-state index contributed by atoms with van der Waals surface area (Å²) in [5.74, 6) is 0.00111. The number of carbonyl (C=O) groups is 1. The van der Waals surface area contributed by atoms with Gasteiger partial charge in [-0.15, -0.1) is 0 Å². The minimum atomic E-state index is -2.30. The molecule has 4 heterocycles. The van der Waals surface area contributed by atoms with E-state index < -0.39 is 6.43 Å². The molecule has 0 aromatic heterocycles. The van der Waals surface area contributed by atoms with Crippen molar-refractivity contribution in [1.29, 1.82) is 0 Å². The highest BCUT2D eigenvalue weighted by molar-refractivity contribution is 5.68. The molecule has 1 aliphatic carbocycles. The van der Waals surface area contributed by atoms with Gasteiger partial charge in [-0.25, -0.2) is 13.6 Å². The average Bonchev–Trinajstić information content (AvgIpc) is 3.70. The predicted octanol–water partition coefficient (Wildman–Crippen LogP) is 4.25. The largest absolute Gasteiger partial charge is 0.443 e. The molecule has 9 heteroatoms. The summed E-state index contributed by atoms with van der Waals surface area (Å²) < 4.78 is 49.9. The summed E-state index contributed by atoms with van der Waals surface area (Å²) in [7, 11) is 1.69. The number of halogens is 2. The molecule has 0 radical (unpaired) electrons. The Kier molecular flexibility index (Phi) is 7.16. The van der Waals surface area contributed by atoms with Gasteiger partial charge in [0.25, 0.3) is 6.43 Å². The number of alkyl halides is 2. The van der Waals surface area contributed by atoms with Crippen molar-refractivity contribution in [2.45, 2.75) is 95.2 Å². The van der Waals surface area contributed by atoms with Gasteiger partial charge in [-0.1, -0.05) is 11.6 Å². The highest BCUT2D eigenvalue weighted by Gasteiger charge is 2.72. The third-order valence-corrected chi connectivity index (χ3v) is 9.50. The molecule has 4 aliphatic heterocycles. The van der Waals surface area contributed by atoms with Gasteiger partial charge in [0.05, 0.1) is 25.2 Å². The molecule has 5 rings (SSSR count). The van der Waals surface area contributed by atoms with E-state index in [1.54, 1.807) is 7.11 Å². The molecule has 36 heavy (non-hydrogen) atoms. The normalized spacial score (nSPS) is 39.6. The van der Waals surface area contributed by atoms with Gasteiger partial charge in [0.2, 0.25) is 0 Å². The molecule has 5 aliphatic rings. The van der Waals surface area contributed by atoms with Crippen LogP contribution in [0.4, 0.5) is 13.6 Å². The fourth-order valence-electron chi connectivity index (χ4n) is 7.18. The number of rotatable bonds is 7. The Morgan fingerprint density at radius 1 is 1.17 bits per heavy atom. The first-order valence-corrected chi connectivity index (χ1v) is 13.5. The van der Waals surface area contributed by atoms with Crippen LogP contribution in [0.3, 0.4) is 0 Å². The molecule has 204 valence electrons. The fraction of sp³-hybridized carbons (Fsp3) is 0.889.